The highest BCUT2D eigenvalue weighted by Gasteiger charge is 2.45. The molecular formula is C42H41N9O6. The molecule has 6 amide bonds. The highest BCUT2D eigenvalue weighted by molar-refractivity contribution is 6.25. The van der Waals surface area contributed by atoms with Crippen LogP contribution >= 0.6 is 0 Å². The largest absolute Gasteiger partial charge is 0.384 e. The van der Waals surface area contributed by atoms with E-state index >= 15 is 0 Å². The lowest BCUT2D eigenvalue weighted by molar-refractivity contribution is -0.136. The van der Waals surface area contributed by atoms with Gasteiger partial charge in [0.2, 0.25) is 17.7 Å². The summed E-state index contributed by atoms with van der Waals surface area (Å²) in [5.41, 5.74) is 8.86. The van der Waals surface area contributed by atoms with E-state index in [9.17, 15) is 28.8 Å². The van der Waals surface area contributed by atoms with Crippen LogP contribution in [0, 0.1) is 0 Å². The Morgan fingerprint density at radius 3 is 2.51 bits per heavy atom. The lowest BCUT2D eigenvalue weighted by Crippen LogP contribution is -2.54. The number of benzene rings is 3. The van der Waals surface area contributed by atoms with Crippen LogP contribution in [0.1, 0.15) is 61.5 Å². The number of carbonyl (C=O) groups excluding carboxylic acids is 6. The van der Waals surface area contributed by atoms with E-state index in [0.717, 1.165) is 51.3 Å². The van der Waals surface area contributed by atoms with Crippen molar-refractivity contribution in [2.45, 2.75) is 38.3 Å². The van der Waals surface area contributed by atoms with Crippen molar-refractivity contribution in [2.24, 2.45) is 0 Å². The van der Waals surface area contributed by atoms with Crippen molar-refractivity contribution >= 4 is 52.3 Å². The molecule has 3 aliphatic rings. The Labute approximate surface area is 327 Å². The van der Waals surface area contributed by atoms with Crippen LogP contribution in [0.15, 0.2) is 73.1 Å². The summed E-state index contributed by atoms with van der Waals surface area (Å²) >= 11 is 0. The molecule has 57 heavy (non-hydrogen) atoms. The van der Waals surface area contributed by atoms with Gasteiger partial charge in [0.25, 0.3) is 17.7 Å². The second-order valence-electron chi connectivity index (χ2n) is 14.7. The molecule has 8 rings (SSSR count). The molecule has 5 heterocycles. The Hall–Kier alpha value is -6.74. The van der Waals surface area contributed by atoms with Crippen LogP contribution in [0.2, 0.25) is 0 Å². The smallest absolute Gasteiger partial charge is 0.264 e. The van der Waals surface area contributed by atoms with Crippen molar-refractivity contribution in [3.8, 4) is 22.4 Å². The Morgan fingerprint density at radius 1 is 0.912 bits per heavy atom. The fourth-order valence-corrected chi connectivity index (χ4v) is 7.67. The topological polar surface area (TPSA) is 190 Å². The summed E-state index contributed by atoms with van der Waals surface area (Å²) < 4.78 is 0. The normalized spacial score (nSPS) is 16.7. The standard InChI is InChI=1S/C42H41N9O6/c1-49(2)40(55)25-9-7-24(8-10-25)30-20-45-38-37(30)47-32(21-46-38)27-11-12-28-22-50(18-15-26(28)19-27)23-35(53)44-17-4-16-43-31-6-3-5-29-36(31)42(57)51(41(29)56)33-13-14-34(52)48-39(33)54/h3,5-12,19-21,33,43H,4,13-18,22-23H2,1-2H3,(H,44,53)(H,45,46)(H,48,52,54). The monoisotopic (exact) mass is 767 g/mol. The van der Waals surface area contributed by atoms with Crippen LogP contribution in [-0.2, 0) is 27.3 Å². The number of aromatic amines is 1. The number of piperidine rings is 1. The van der Waals surface area contributed by atoms with E-state index in [4.69, 9.17) is 4.98 Å². The van der Waals surface area contributed by atoms with Gasteiger partial charge in [-0.25, -0.2) is 9.97 Å². The van der Waals surface area contributed by atoms with Crippen LogP contribution in [0.4, 0.5) is 5.69 Å². The van der Waals surface area contributed by atoms with E-state index in [1.165, 1.54) is 5.56 Å². The number of hydrogen-bond donors (Lipinski definition) is 4. The Morgan fingerprint density at radius 2 is 1.72 bits per heavy atom. The number of aromatic nitrogens is 3. The molecule has 290 valence electrons. The van der Waals surface area contributed by atoms with Gasteiger partial charge in [-0.3, -0.25) is 43.9 Å². The molecule has 3 aliphatic heterocycles. The number of carbonyl (C=O) groups is 6. The summed E-state index contributed by atoms with van der Waals surface area (Å²) in [6.07, 6.45) is 5.15. The minimum atomic E-state index is -1.03. The maximum atomic E-state index is 13.3. The first-order chi connectivity index (χ1) is 27.5. The van der Waals surface area contributed by atoms with Crippen LogP contribution < -0.4 is 16.0 Å². The summed E-state index contributed by atoms with van der Waals surface area (Å²) in [7, 11) is 3.46. The molecular weight excluding hydrogens is 727 g/mol. The predicted octanol–water partition coefficient (Wildman–Crippen LogP) is 3.37. The zero-order chi connectivity index (χ0) is 39.8. The highest BCUT2D eigenvalue weighted by atomic mass is 16.2. The van der Waals surface area contributed by atoms with Crippen molar-refractivity contribution < 1.29 is 28.8 Å². The Balaban J connectivity index is 0.829. The second-order valence-corrected chi connectivity index (χ2v) is 14.7. The summed E-state index contributed by atoms with van der Waals surface area (Å²) in [4.78, 5) is 93.2. The predicted molar refractivity (Wildman–Crippen MR) is 211 cm³/mol. The van der Waals surface area contributed by atoms with E-state index in [0.29, 0.717) is 43.0 Å². The molecule has 5 aromatic rings. The molecule has 1 unspecified atom stereocenters. The molecule has 0 bridgehead atoms. The number of fused-ring (bicyclic) bond motifs is 3. The van der Waals surface area contributed by atoms with E-state index < -0.39 is 29.7 Å². The first-order valence-electron chi connectivity index (χ1n) is 18.9. The molecule has 0 aliphatic carbocycles. The van der Waals surface area contributed by atoms with Gasteiger partial charge >= 0.3 is 0 Å². The van der Waals surface area contributed by atoms with Gasteiger partial charge in [-0.05, 0) is 66.3 Å². The van der Waals surface area contributed by atoms with Crippen molar-refractivity contribution in [1.29, 1.82) is 0 Å². The summed E-state index contributed by atoms with van der Waals surface area (Å²) in [6, 6.07) is 17.7. The molecule has 0 radical (unpaired) electrons. The number of anilines is 1. The minimum absolute atomic E-state index is 0.0540. The zero-order valence-corrected chi connectivity index (χ0v) is 31.6. The number of hydrogen-bond acceptors (Lipinski definition) is 10. The highest BCUT2D eigenvalue weighted by Crippen LogP contribution is 2.33. The third-order valence-corrected chi connectivity index (χ3v) is 10.6. The Kier molecular flexibility index (Phi) is 10.1. The van der Waals surface area contributed by atoms with Crippen LogP contribution in [0.25, 0.3) is 33.5 Å². The number of imide groups is 2. The van der Waals surface area contributed by atoms with Crippen LogP contribution in [0.3, 0.4) is 0 Å². The molecule has 15 nitrogen and oxygen atoms in total. The molecule has 2 aromatic heterocycles. The number of H-pyrrole nitrogens is 1. The van der Waals surface area contributed by atoms with Gasteiger partial charge in [0.15, 0.2) is 5.65 Å². The van der Waals surface area contributed by atoms with E-state index in [-0.39, 0.29) is 42.3 Å². The van der Waals surface area contributed by atoms with E-state index in [1.54, 1.807) is 43.4 Å². The molecule has 15 heteroatoms. The number of nitrogens with one attached hydrogen (secondary N) is 4. The third-order valence-electron chi connectivity index (χ3n) is 10.6. The molecule has 1 fully saturated rings. The molecule has 1 atom stereocenters. The van der Waals surface area contributed by atoms with Crippen LogP contribution in [-0.4, -0.2) is 111 Å². The Bertz CT molecular complexity index is 2460. The number of amides is 6. The SMILES string of the molecule is CN(C)C(=O)c1ccc(-c2c[nH]c3ncc(-c4ccc5c(c4)CCN(CC(=O)NCCCNc4cccc6c4C(=O)N(C4CCC(=O)NC4=O)C6=O)C5)nc23)cc1. The summed E-state index contributed by atoms with van der Waals surface area (Å²) in [5, 5.41) is 8.40. The van der Waals surface area contributed by atoms with E-state index in [2.05, 4.69) is 43.0 Å². The second kappa shape index (κ2) is 15.4. The summed E-state index contributed by atoms with van der Waals surface area (Å²) in [6.45, 7) is 2.48. The maximum Gasteiger partial charge on any atom is 0.264 e. The van der Waals surface area contributed by atoms with Crippen LogP contribution in [0.5, 0.6) is 0 Å². The summed E-state index contributed by atoms with van der Waals surface area (Å²) in [5.74, 6) is -2.34. The van der Waals surface area contributed by atoms with Gasteiger partial charge in [-0.2, -0.15) is 0 Å². The number of rotatable bonds is 11. The fraction of sp³-hybridized carbons (Fsp3) is 0.286. The van der Waals surface area contributed by atoms with Crippen molar-refractivity contribution in [2.75, 3.05) is 45.6 Å². The lowest BCUT2D eigenvalue weighted by Gasteiger charge is -2.28. The van der Waals surface area contributed by atoms with Gasteiger partial charge in [-0.1, -0.05) is 30.3 Å². The molecule has 1 saturated heterocycles. The first-order valence-corrected chi connectivity index (χ1v) is 18.9. The fourth-order valence-electron chi connectivity index (χ4n) is 7.67. The van der Waals surface area contributed by atoms with Gasteiger partial charge < -0.3 is 20.5 Å². The first kappa shape index (κ1) is 37.2. The van der Waals surface area contributed by atoms with Gasteiger partial charge in [0.05, 0.1) is 29.6 Å². The molecule has 4 N–H and O–H groups in total. The minimum Gasteiger partial charge on any atom is -0.384 e. The van der Waals surface area contributed by atoms with Gasteiger partial charge in [0, 0.05) is 75.3 Å². The van der Waals surface area contributed by atoms with Gasteiger partial charge in [0.1, 0.15) is 11.6 Å². The maximum absolute atomic E-state index is 13.3. The third kappa shape index (κ3) is 7.36. The average molecular weight is 768 g/mol. The molecule has 0 spiro atoms. The lowest BCUT2D eigenvalue weighted by atomic mass is 9.96. The van der Waals surface area contributed by atoms with Crippen molar-refractivity contribution in [3.63, 3.8) is 0 Å². The van der Waals surface area contributed by atoms with Crippen molar-refractivity contribution in [3.05, 3.63) is 101 Å². The average Bonchev–Trinajstić information content (AvgIpc) is 3.75. The van der Waals surface area contributed by atoms with Gasteiger partial charge in [-0.15, -0.1) is 0 Å². The molecule has 3 aromatic carbocycles. The van der Waals surface area contributed by atoms with E-state index in [1.807, 2.05) is 36.5 Å². The van der Waals surface area contributed by atoms with Crippen molar-refractivity contribution in [1.82, 2.24) is 40.3 Å². The number of nitrogens with zero attached hydrogens (tertiary/aromatic N) is 5. The quantitative estimate of drug-likeness (QED) is 0.115. The molecule has 0 saturated carbocycles. The zero-order valence-electron chi connectivity index (χ0n) is 31.6.